The van der Waals surface area contributed by atoms with Crippen molar-refractivity contribution in [1.29, 1.82) is 0 Å². The molecule has 0 saturated carbocycles. The summed E-state index contributed by atoms with van der Waals surface area (Å²) in [6, 6.07) is 0. The van der Waals surface area contributed by atoms with Crippen molar-refractivity contribution in [1.82, 2.24) is 4.37 Å². The van der Waals surface area contributed by atoms with E-state index in [1.165, 1.54) is 18.6 Å². The first-order valence-electron chi connectivity index (χ1n) is 2.99. The summed E-state index contributed by atoms with van der Waals surface area (Å²) >= 11 is 1.24. The van der Waals surface area contributed by atoms with E-state index in [2.05, 4.69) is 9.11 Å². The van der Waals surface area contributed by atoms with Crippen molar-refractivity contribution in [3.63, 3.8) is 0 Å². The summed E-state index contributed by atoms with van der Waals surface area (Å²) in [6.07, 6.45) is 0.159. The zero-order chi connectivity index (χ0) is 8.27. The Morgan fingerprint density at radius 1 is 1.91 bits per heavy atom. The SMILES string of the molecule is COC(=O)Cc1nscc1N. The summed E-state index contributed by atoms with van der Waals surface area (Å²) < 4.78 is 8.37. The average Bonchev–Trinajstić information content (AvgIpc) is 2.37. The molecule has 0 spiro atoms. The quantitative estimate of drug-likeness (QED) is 0.657. The van der Waals surface area contributed by atoms with Crippen LogP contribution in [0.15, 0.2) is 5.38 Å². The molecule has 60 valence electrons. The highest BCUT2D eigenvalue weighted by molar-refractivity contribution is 7.04. The zero-order valence-electron chi connectivity index (χ0n) is 6.03. The van der Waals surface area contributed by atoms with Gasteiger partial charge in [0, 0.05) is 5.38 Å². The fourth-order valence-electron chi connectivity index (χ4n) is 0.611. The maximum atomic E-state index is 10.7. The smallest absolute Gasteiger partial charge is 0.311 e. The second-order valence-corrected chi connectivity index (χ2v) is 2.60. The predicted octanol–water partition coefficient (Wildman–Crippen LogP) is 0.441. The Kier molecular flexibility index (Phi) is 2.43. The van der Waals surface area contributed by atoms with Gasteiger partial charge in [0.15, 0.2) is 0 Å². The van der Waals surface area contributed by atoms with Crippen molar-refractivity contribution in [2.45, 2.75) is 6.42 Å². The minimum atomic E-state index is -0.317. The third kappa shape index (κ3) is 1.91. The predicted molar refractivity (Wildman–Crippen MR) is 42.2 cm³/mol. The van der Waals surface area contributed by atoms with Crippen LogP contribution in [0.1, 0.15) is 5.69 Å². The van der Waals surface area contributed by atoms with E-state index in [1.807, 2.05) is 0 Å². The maximum Gasteiger partial charge on any atom is 0.311 e. The summed E-state index contributed by atoms with van der Waals surface area (Å²) in [5.74, 6) is -0.317. The van der Waals surface area contributed by atoms with Crippen LogP contribution in [-0.2, 0) is 16.0 Å². The number of rotatable bonds is 2. The van der Waals surface area contributed by atoms with Gasteiger partial charge in [0.05, 0.1) is 24.9 Å². The average molecular weight is 172 g/mol. The van der Waals surface area contributed by atoms with Crippen LogP contribution in [0.4, 0.5) is 5.69 Å². The Bertz CT molecular complexity index is 259. The molecule has 0 atom stereocenters. The van der Waals surface area contributed by atoms with E-state index in [-0.39, 0.29) is 12.4 Å². The minimum Gasteiger partial charge on any atom is -0.469 e. The molecule has 0 aromatic carbocycles. The zero-order valence-corrected chi connectivity index (χ0v) is 6.85. The molecule has 2 N–H and O–H groups in total. The lowest BCUT2D eigenvalue weighted by Crippen LogP contribution is -2.06. The van der Waals surface area contributed by atoms with Crippen molar-refractivity contribution < 1.29 is 9.53 Å². The van der Waals surface area contributed by atoms with Crippen molar-refractivity contribution in [2.24, 2.45) is 0 Å². The molecule has 0 amide bonds. The molecule has 0 radical (unpaired) electrons. The van der Waals surface area contributed by atoms with Crippen LogP contribution in [0.2, 0.25) is 0 Å². The fraction of sp³-hybridized carbons (Fsp3) is 0.333. The van der Waals surface area contributed by atoms with E-state index in [1.54, 1.807) is 5.38 Å². The van der Waals surface area contributed by atoms with E-state index in [0.717, 1.165) is 0 Å². The molecule has 11 heavy (non-hydrogen) atoms. The van der Waals surface area contributed by atoms with Crippen molar-refractivity contribution >= 4 is 23.2 Å². The van der Waals surface area contributed by atoms with Crippen LogP contribution in [0.25, 0.3) is 0 Å². The van der Waals surface area contributed by atoms with Gasteiger partial charge in [-0.3, -0.25) is 4.79 Å². The van der Waals surface area contributed by atoms with Gasteiger partial charge in [-0.15, -0.1) is 0 Å². The number of esters is 1. The normalized spacial score (nSPS) is 9.55. The highest BCUT2D eigenvalue weighted by Crippen LogP contribution is 2.12. The van der Waals surface area contributed by atoms with E-state index in [9.17, 15) is 4.79 Å². The molecule has 5 heteroatoms. The summed E-state index contributed by atoms with van der Waals surface area (Å²) in [6.45, 7) is 0. The molecule has 4 nitrogen and oxygen atoms in total. The summed E-state index contributed by atoms with van der Waals surface area (Å²) in [4.78, 5) is 10.7. The highest BCUT2D eigenvalue weighted by Gasteiger charge is 2.07. The van der Waals surface area contributed by atoms with Gasteiger partial charge in [0.25, 0.3) is 0 Å². The van der Waals surface area contributed by atoms with Gasteiger partial charge in [0.2, 0.25) is 0 Å². The molecule has 0 bridgehead atoms. The Labute approximate surface area is 68.1 Å². The largest absolute Gasteiger partial charge is 0.469 e. The molecule has 1 aromatic rings. The van der Waals surface area contributed by atoms with Gasteiger partial charge in [-0.25, -0.2) is 0 Å². The third-order valence-electron chi connectivity index (χ3n) is 1.22. The standard InChI is InChI=1S/C6H8N2O2S/c1-10-6(9)2-5-4(7)3-11-8-5/h3H,2,7H2,1H3. The molecule has 0 fully saturated rings. The van der Waals surface area contributed by atoms with Gasteiger partial charge in [0.1, 0.15) is 0 Å². The molecule has 1 heterocycles. The number of carbonyl (C=O) groups excluding carboxylic acids is 1. The third-order valence-corrected chi connectivity index (χ3v) is 1.90. The molecule has 0 unspecified atom stereocenters. The van der Waals surface area contributed by atoms with Crippen LogP contribution in [0.5, 0.6) is 0 Å². The molecular formula is C6H8N2O2S. The van der Waals surface area contributed by atoms with Gasteiger partial charge in [-0.2, -0.15) is 4.37 Å². The summed E-state index contributed by atoms with van der Waals surface area (Å²) in [5.41, 5.74) is 6.64. The lowest BCUT2D eigenvalue weighted by atomic mass is 10.3. The maximum absolute atomic E-state index is 10.7. The number of hydrogen-bond donors (Lipinski definition) is 1. The van der Waals surface area contributed by atoms with Crippen molar-refractivity contribution in [3.05, 3.63) is 11.1 Å². The number of hydrogen-bond acceptors (Lipinski definition) is 5. The molecule has 1 aromatic heterocycles. The monoisotopic (exact) mass is 172 g/mol. The van der Waals surface area contributed by atoms with E-state index in [4.69, 9.17) is 5.73 Å². The molecule has 0 aliphatic rings. The van der Waals surface area contributed by atoms with Crippen LogP contribution in [0, 0.1) is 0 Å². The number of aromatic nitrogens is 1. The van der Waals surface area contributed by atoms with Gasteiger partial charge < -0.3 is 10.5 Å². The van der Waals surface area contributed by atoms with Gasteiger partial charge >= 0.3 is 5.97 Å². The van der Waals surface area contributed by atoms with E-state index in [0.29, 0.717) is 11.4 Å². The fourth-order valence-corrected chi connectivity index (χ4v) is 1.21. The molecule has 1 rings (SSSR count). The van der Waals surface area contributed by atoms with Crippen LogP contribution in [-0.4, -0.2) is 17.5 Å². The Hall–Kier alpha value is -1.10. The van der Waals surface area contributed by atoms with Gasteiger partial charge in [-0.05, 0) is 11.5 Å². The molecular weight excluding hydrogens is 164 g/mol. The van der Waals surface area contributed by atoms with Crippen LogP contribution in [0.3, 0.4) is 0 Å². The Morgan fingerprint density at radius 3 is 3.09 bits per heavy atom. The van der Waals surface area contributed by atoms with E-state index < -0.39 is 0 Å². The number of carbonyl (C=O) groups is 1. The summed E-state index contributed by atoms with van der Waals surface area (Å²) in [7, 11) is 1.34. The second-order valence-electron chi connectivity index (χ2n) is 1.97. The Morgan fingerprint density at radius 2 is 2.64 bits per heavy atom. The second kappa shape index (κ2) is 3.34. The van der Waals surface area contributed by atoms with Crippen LogP contribution < -0.4 is 5.73 Å². The summed E-state index contributed by atoms with van der Waals surface area (Å²) in [5, 5.41) is 1.69. The van der Waals surface area contributed by atoms with Crippen molar-refractivity contribution in [2.75, 3.05) is 12.8 Å². The highest BCUT2D eigenvalue weighted by atomic mass is 32.1. The number of anilines is 1. The first kappa shape index (κ1) is 8.00. The molecule has 0 aliphatic heterocycles. The molecule has 0 aliphatic carbocycles. The number of methoxy groups -OCH3 is 1. The molecule has 0 saturated heterocycles. The lowest BCUT2D eigenvalue weighted by molar-refractivity contribution is -0.139. The first-order chi connectivity index (χ1) is 5.24. The number of nitrogens with zero attached hydrogens (tertiary/aromatic N) is 1. The Balaban J connectivity index is 2.64. The topological polar surface area (TPSA) is 65.2 Å². The minimum absolute atomic E-state index is 0.159. The first-order valence-corrected chi connectivity index (χ1v) is 3.83. The van der Waals surface area contributed by atoms with Gasteiger partial charge in [-0.1, -0.05) is 0 Å². The lowest BCUT2D eigenvalue weighted by Gasteiger charge is -1.95. The van der Waals surface area contributed by atoms with Crippen molar-refractivity contribution in [3.8, 4) is 0 Å². The number of nitrogen functional groups attached to an aromatic ring is 1. The van der Waals surface area contributed by atoms with E-state index >= 15 is 0 Å². The van der Waals surface area contributed by atoms with Crippen LogP contribution >= 0.6 is 11.5 Å². The number of ether oxygens (including phenoxy) is 1. The number of nitrogens with two attached hydrogens (primary N) is 1.